The summed E-state index contributed by atoms with van der Waals surface area (Å²) in [5, 5.41) is 5.44. The van der Waals surface area contributed by atoms with Crippen LogP contribution >= 0.6 is 34.8 Å². The van der Waals surface area contributed by atoms with Gasteiger partial charge in [-0.05, 0) is 69.0 Å². The van der Waals surface area contributed by atoms with Crippen LogP contribution in [0.2, 0.25) is 15.1 Å². The number of halogens is 3. The minimum atomic E-state index is 0.386. The largest absolute Gasteiger partial charge is 0.489 e. The van der Waals surface area contributed by atoms with Crippen LogP contribution in [0.1, 0.15) is 43.2 Å². The van der Waals surface area contributed by atoms with Crippen molar-refractivity contribution in [2.24, 2.45) is 0 Å². The second kappa shape index (κ2) is 10.4. The SMILES string of the molecule is Clc1ccc(COc2ccc(Cl)cc2CNCCC2=CCCCC2)c(Cl)c1. The number of ether oxygens (including phenoxy) is 1. The first kappa shape index (κ1) is 20.5. The molecule has 2 nitrogen and oxygen atoms in total. The average Bonchev–Trinajstić information content (AvgIpc) is 2.66. The lowest BCUT2D eigenvalue weighted by Crippen LogP contribution is -2.16. The third-order valence-electron chi connectivity index (χ3n) is 4.74. The maximum Gasteiger partial charge on any atom is 0.124 e. The minimum absolute atomic E-state index is 0.386. The predicted octanol–water partition coefficient (Wildman–Crippen LogP) is 7.21. The maximum absolute atomic E-state index is 6.23. The third-order valence-corrected chi connectivity index (χ3v) is 5.57. The Morgan fingerprint density at radius 3 is 2.52 bits per heavy atom. The molecule has 0 radical (unpaired) electrons. The molecule has 0 bridgehead atoms. The second-order valence-electron chi connectivity index (χ2n) is 6.81. The number of allylic oxidation sites excluding steroid dienone is 1. The van der Waals surface area contributed by atoms with E-state index >= 15 is 0 Å². The van der Waals surface area contributed by atoms with Crippen LogP contribution in [0.25, 0.3) is 0 Å². The molecule has 1 aliphatic rings. The Morgan fingerprint density at radius 2 is 1.74 bits per heavy atom. The Morgan fingerprint density at radius 1 is 0.926 bits per heavy atom. The Labute approximate surface area is 176 Å². The summed E-state index contributed by atoms with van der Waals surface area (Å²) in [5.41, 5.74) is 3.53. The van der Waals surface area contributed by atoms with Gasteiger partial charge in [0.1, 0.15) is 12.4 Å². The minimum Gasteiger partial charge on any atom is -0.489 e. The summed E-state index contributed by atoms with van der Waals surface area (Å²) in [6.07, 6.45) is 8.64. The summed E-state index contributed by atoms with van der Waals surface area (Å²) in [5.74, 6) is 0.815. The molecule has 27 heavy (non-hydrogen) atoms. The van der Waals surface area contributed by atoms with E-state index in [1.807, 2.05) is 30.3 Å². The highest BCUT2D eigenvalue weighted by Crippen LogP contribution is 2.26. The Balaban J connectivity index is 1.56. The zero-order valence-electron chi connectivity index (χ0n) is 15.2. The van der Waals surface area contributed by atoms with Crippen molar-refractivity contribution in [3.63, 3.8) is 0 Å². The van der Waals surface area contributed by atoms with Gasteiger partial charge >= 0.3 is 0 Å². The average molecular weight is 425 g/mol. The molecule has 0 heterocycles. The lowest BCUT2D eigenvalue weighted by molar-refractivity contribution is 0.302. The molecule has 5 heteroatoms. The topological polar surface area (TPSA) is 21.3 Å². The predicted molar refractivity (Wildman–Crippen MR) is 115 cm³/mol. The molecular weight excluding hydrogens is 401 g/mol. The van der Waals surface area contributed by atoms with Gasteiger partial charge in [0.05, 0.1) is 0 Å². The van der Waals surface area contributed by atoms with Crippen molar-refractivity contribution in [1.82, 2.24) is 5.32 Å². The maximum atomic E-state index is 6.23. The number of benzene rings is 2. The smallest absolute Gasteiger partial charge is 0.124 e. The summed E-state index contributed by atoms with van der Waals surface area (Å²) < 4.78 is 6.01. The van der Waals surface area contributed by atoms with E-state index in [2.05, 4.69) is 11.4 Å². The molecule has 0 aliphatic heterocycles. The van der Waals surface area contributed by atoms with E-state index < -0.39 is 0 Å². The van der Waals surface area contributed by atoms with Gasteiger partial charge in [-0.3, -0.25) is 0 Å². The van der Waals surface area contributed by atoms with Gasteiger partial charge in [-0.25, -0.2) is 0 Å². The van der Waals surface area contributed by atoms with Crippen molar-refractivity contribution in [1.29, 1.82) is 0 Å². The van der Waals surface area contributed by atoms with E-state index in [4.69, 9.17) is 39.5 Å². The number of hydrogen-bond donors (Lipinski definition) is 1. The molecule has 0 unspecified atom stereocenters. The van der Waals surface area contributed by atoms with Gasteiger partial charge in [0.25, 0.3) is 0 Å². The molecule has 2 aromatic rings. The fourth-order valence-electron chi connectivity index (χ4n) is 3.22. The van der Waals surface area contributed by atoms with Crippen LogP contribution < -0.4 is 10.1 Å². The zero-order valence-corrected chi connectivity index (χ0v) is 17.5. The molecule has 0 spiro atoms. The van der Waals surface area contributed by atoms with E-state index in [1.165, 1.54) is 25.7 Å². The van der Waals surface area contributed by atoms with Gasteiger partial charge in [-0.1, -0.05) is 52.5 Å². The molecule has 144 valence electrons. The highest BCUT2D eigenvalue weighted by molar-refractivity contribution is 6.35. The first-order valence-electron chi connectivity index (χ1n) is 9.35. The molecule has 0 atom stereocenters. The zero-order chi connectivity index (χ0) is 19.1. The van der Waals surface area contributed by atoms with E-state index in [0.717, 1.165) is 36.4 Å². The van der Waals surface area contributed by atoms with Crippen molar-refractivity contribution in [2.75, 3.05) is 6.54 Å². The van der Waals surface area contributed by atoms with Gasteiger partial charge in [0.2, 0.25) is 0 Å². The van der Waals surface area contributed by atoms with Gasteiger partial charge in [0.15, 0.2) is 0 Å². The molecule has 2 aromatic carbocycles. The Hall–Kier alpha value is -1.19. The fraction of sp³-hybridized carbons (Fsp3) is 0.364. The molecule has 0 saturated heterocycles. The highest BCUT2D eigenvalue weighted by Gasteiger charge is 2.08. The number of hydrogen-bond acceptors (Lipinski definition) is 2. The Bertz CT molecular complexity index is 804. The monoisotopic (exact) mass is 423 g/mol. The summed E-state index contributed by atoms with van der Waals surface area (Å²) >= 11 is 18.4. The summed E-state index contributed by atoms with van der Waals surface area (Å²) in [4.78, 5) is 0. The van der Waals surface area contributed by atoms with Crippen LogP contribution in [0.15, 0.2) is 48.0 Å². The first-order valence-corrected chi connectivity index (χ1v) is 10.5. The normalized spacial score (nSPS) is 14.1. The van der Waals surface area contributed by atoms with Gasteiger partial charge < -0.3 is 10.1 Å². The van der Waals surface area contributed by atoms with E-state index in [-0.39, 0.29) is 0 Å². The van der Waals surface area contributed by atoms with Crippen molar-refractivity contribution >= 4 is 34.8 Å². The Kier molecular flexibility index (Phi) is 7.90. The fourth-order valence-corrected chi connectivity index (χ4v) is 3.88. The van der Waals surface area contributed by atoms with Crippen LogP contribution in [0.4, 0.5) is 0 Å². The van der Waals surface area contributed by atoms with Crippen molar-refractivity contribution < 1.29 is 4.74 Å². The number of nitrogens with one attached hydrogen (secondary N) is 1. The molecule has 0 fully saturated rings. The van der Waals surface area contributed by atoms with Crippen LogP contribution in [-0.4, -0.2) is 6.54 Å². The van der Waals surface area contributed by atoms with Crippen molar-refractivity contribution in [3.8, 4) is 5.75 Å². The molecule has 0 amide bonds. The quantitative estimate of drug-likeness (QED) is 0.357. The van der Waals surface area contributed by atoms with Gasteiger partial charge in [0, 0.05) is 32.7 Å². The molecule has 3 rings (SSSR count). The van der Waals surface area contributed by atoms with Crippen LogP contribution in [0.5, 0.6) is 5.75 Å². The van der Waals surface area contributed by atoms with Gasteiger partial charge in [-0.2, -0.15) is 0 Å². The van der Waals surface area contributed by atoms with Crippen LogP contribution in [0, 0.1) is 0 Å². The van der Waals surface area contributed by atoms with Crippen LogP contribution in [0.3, 0.4) is 0 Å². The summed E-state index contributed by atoms with van der Waals surface area (Å²) in [7, 11) is 0. The summed E-state index contributed by atoms with van der Waals surface area (Å²) in [6.45, 7) is 2.07. The molecule has 1 aliphatic carbocycles. The van der Waals surface area contributed by atoms with E-state index in [0.29, 0.717) is 21.7 Å². The molecular formula is C22H24Cl3NO. The molecule has 1 N–H and O–H groups in total. The standard InChI is InChI=1S/C22H24Cl3NO/c23-19-8-9-22(27-15-17-6-7-20(24)13-21(17)25)18(12-19)14-26-11-10-16-4-2-1-3-5-16/h4,6-9,12-13,26H,1-3,5,10-11,14-15H2. The lowest BCUT2D eigenvalue weighted by Gasteiger charge is -2.15. The molecule has 0 saturated carbocycles. The van der Waals surface area contributed by atoms with Gasteiger partial charge in [-0.15, -0.1) is 0 Å². The first-order chi connectivity index (χ1) is 13.1. The lowest BCUT2D eigenvalue weighted by atomic mass is 9.97. The van der Waals surface area contributed by atoms with E-state index in [9.17, 15) is 0 Å². The van der Waals surface area contributed by atoms with Crippen molar-refractivity contribution in [2.45, 2.75) is 45.3 Å². The highest BCUT2D eigenvalue weighted by atomic mass is 35.5. The van der Waals surface area contributed by atoms with Crippen molar-refractivity contribution in [3.05, 3.63) is 74.2 Å². The van der Waals surface area contributed by atoms with Crippen LogP contribution in [-0.2, 0) is 13.2 Å². The third kappa shape index (κ3) is 6.43. The number of rotatable bonds is 8. The summed E-state index contributed by atoms with van der Waals surface area (Å²) in [6, 6.07) is 11.1. The van der Waals surface area contributed by atoms with E-state index in [1.54, 1.807) is 11.6 Å². The second-order valence-corrected chi connectivity index (χ2v) is 8.09. The molecule has 0 aromatic heterocycles.